The lowest BCUT2D eigenvalue weighted by atomic mass is 9.74. The zero-order valence-corrected chi connectivity index (χ0v) is 23.2. The molecular formula is C28H38O2Si2. The van der Waals surface area contributed by atoms with Gasteiger partial charge in [0.15, 0.2) is 0 Å². The van der Waals surface area contributed by atoms with Gasteiger partial charge in [-0.1, -0.05) is 76.2 Å². The summed E-state index contributed by atoms with van der Waals surface area (Å²) in [4.78, 5) is 0. The Morgan fingerprint density at radius 2 is 0.656 bits per heavy atom. The molecule has 4 heteroatoms. The summed E-state index contributed by atoms with van der Waals surface area (Å²) < 4.78 is 11.9. The fourth-order valence-electron chi connectivity index (χ4n) is 4.08. The maximum absolute atomic E-state index is 5.94. The van der Waals surface area contributed by atoms with Gasteiger partial charge in [0.1, 0.15) is 11.5 Å². The molecule has 0 atom stereocenters. The SMILES string of the molecule is C[SiH](C)Oc1ccc(C(C)(C)c2ccc(C(C)(C)c3ccc(O[SiH](C)C)cc3)cc2)cc1. The van der Waals surface area contributed by atoms with E-state index in [9.17, 15) is 0 Å². The highest BCUT2D eigenvalue weighted by Gasteiger charge is 2.26. The first-order valence-corrected chi connectivity index (χ1v) is 17.2. The van der Waals surface area contributed by atoms with Crippen molar-refractivity contribution in [1.82, 2.24) is 0 Å². The summed E-state index contributed by atoms with van der Waals surface area (Å²) in [7, 11) is -2.16. The molecule has 3 aromatic carbocycles. The largest absolute Gasteiger partial charge is 0.547 e. The standard InChI is InChI=1S/C28H38O2Si2/c1-27(2,23-13-17-25(18-14-23)29-31(5)6)21-9-11-22(12-10-21)28(3,4)24-15-19-26(20-16-24)30-32(7)8/h9-20,31-32H,1-8H3. The van der Waals surface area contributed by atoms with Gasteiger partial charge in [0.05, 0.1) is 0 Å². The highest BCUT2D eigenvalue weighted by Crippen LogP contribution is 2.36. The molecule has 0 amide bonds. The van der Waals surface area contributed by atoms with Crippen LogP contribution in [0.5, 0.6) is 11.5 Å². The van der Waals surface area contributed by atoms with Crippen molar-refractivity contribution in [2.24, 2.45) is 0 Å². The van der Waals surface area contributed by atoms with E-state index in [0.717, 1.165) is 11.5 Å². The summed E-state index contributed by atoms with van der Waals surface area (Å²) in [6, 6.07) is 26.4. The molecule has 3 rings (SSSR count). The normalized spacial score (nSPS) is 12.3. The Labute approximate surface area is 198 Å². The van der Waals surface area contributed by atoms with Crippen molar-refractivity contribution < 1.29 is 8.85 Å². The van der Waals surface area contributed by atoms with Gasteiger partial charge < -0.3 is 8.85 Å². The van der Waals surface area contributed by atoms with Crippen LogP contribution in [0.3, 0.4) is 0 Å². The number of rotatable bonds is 8. The minimum absolute atomic E-state index is 0.0732. The molecule has 0 saturated heterocycles. The molecule has 0 N–H and O–H groups in total. The molecule has 0 saturated carbocycles. The summed E-state index contributed by atoms with van der Waals surface area (Å²) in [5.41, 5.74) is 5.08. The first-order chi connectivity index (χ1) is 15.0. The van der Waals surface area contributed by atoms with E-state index in [2.05, 4.69) is 127 Å². The minimum atomic E-state index is -1.08. The zero-order chi connectivity index (χ0) is 23.5. The molecule has 0 aromatic heterocycles. The highest BCUT2D eigenvalue weighted by atomic mass is 28.3. The summed E-state index contributed by atoms with van der Waals surface area (Å²) in [6.07, 6.45) is 0. The van der Waals surface area contributed by atoms with E-state index in [1.807, 2.05) is 0 Å². The fourth-order valence-corrected chi connectivity index (χ4v) is 5.48. The van der Waals surface area contributed by atoms with Gasteiger partial charge in [-0.25, -0.2) is 0 Å². The van der Waals surface area contributed by atoms with E-state index in [4.69, 9.17) is 8.85 Å². The van der Waals surface area contributed by atoms with Crippen LogP contribution in [0, 0.1) is 0 Å². The third-order valence-electron chi connectivity index (χ3n) is 6.22. The van der Waals surface area contributed by atoms with Crippen LogP contribution in [0.4, 0.5) is 0 Å². The molecule has 2 nitrogen and oxygen atoms in total. The molecule has 0 bridgehead atoms. The topological polar surface area (TPSA) is 18.5 Å². The first-order valence-electron chi connectivity index (χ1n) is 11.7. The van der Waals surface area contributed by atoms with E-state index in [1.54, 1.807) is 0 Å². The third kappa shape index (κ3) is 5.54. The van der Waals surface area contributed by atoms with Crippen LogP contribution in [0.1, 0.15) is 49.9 Å². The van der Waals surface area contributed by atoms with E-state index < -0.39 is 18.1 Å². The van der Waals surface area contributed by atoms with Gasteiger partial charge in [0.25, 0.3) is 0 Å². The quantitative estimate of drug-likeness (QED) is 0.334. The maximum atomic E-state index is 5.94. The van der Waals surface area contributed by atoms with Crippen molar-refractivity contribution in [2.45, 2.75) is 64.7 Å². The van der Waals surface area contributed by atoms with Gasteiger partial charge in [-0.15, -0.1) is 0 Å². The van der Waals surface area contributed by atoms with Gasteiger partial charge in [-0.3, -0.25) is 0 Å². The first kappa shape index (κ1) is 24.3. The van der Waals surface area contributed by atoms with Crippen LogP contribution in [0.25, 0.3) is 0 Å². The minimum Gasteiger partial charge on any atom is -0.547 e. The maximum Gasteiger partial charge on any atom is 0.229 e. The predicted octanol–water partition coefficient (Wildman–Crippen LogP) is 7.06. The number of hydrogen-bond donors (Lipinski definition) is 0. The van der Waals surface area contributed by atoms with E-state index in [1.165, 1.54) is 22.3 Å². The Kier molecular flexibility index (Phi) is 7.36. The van der Waals surface area contributed by atoms with Crippen LogP contribution >= 0.6 is 0 Å². The average Bonchev–Trinajstić information content (AvgIpc) is 2.74. The van der Waals surface area contributed by atoms with Crippen molar-refractivity contribution in [2.75, 3.05) is 0 Å². The second-order valence-corrected chi connectivity index (χ2v) is 14.9. The molecule has 0 aliphatic heterocycles. The van der Waals surface area contributed by atoms with Crippen molar-refractivity contribution in [1.29, 1.82) is 0 Å². The molecule has 0 fully saturated rings. The van der Waals surface area contributed by atoms with Gasteiger partial charge in [0, 0.05) is 10.8 Å². The Bertz CT molecular complexity index is 918. The summed E-state index contributed by atoms with van der Waals surface area (Å²) >= 11 is 0. The Balaban J connectivity index is 1.81. The molecule has 0 aliphatic carbocycles. The van der Waals surface area contributed by atoms with E-state index in [0.29, 0.717) is 0 Å². The molecule has 32 heavy (non-hydrogen) atoms. The highest BCUT2D eigenvalue weighted by molar-refractivity contribution is 6.49. The molecule has 0 aliphatic rings. The lowest BCUT2D eigenvalue weighted by Gasteiger charge is -2.30. The third-order valence-corrected chi connectivity index (χ3v) is 7.71. The Morgan fingerprint density at radius 3 is 0.875 bits per heavy atom. The van der Waals surface area contributed by atoms with Crippen molar-refractivity contribution in [3.63, 3.8) is 0 Å². The zero-order valence-electron chi connectivity index (χ0n) is 20.9. The van der Waals surface area contributed by atoms with Gasteiger partial charge >= 0.3 is 0 Å². The van der Waals surface area contributed by atoms with Crippen LogP contribution in [0.15, 0.2) is 72.8 Å². The lowest BCUT2D eigenvalue weighted by molar-refractivity contribution is 0.576. The molecule has 170 valence electrons. The van der Waals surface area contributed by atoms with E-state index in [-0.39, 0.29) is 10.8 Å². The molecule has 0 radical (unpaired) electrons. The monoisotopic (exact) mass is 462 g/mol. The summed E-state index contributed by atoms with van der Waals surface area (Å²) in [5, 5.41) is 0. The molecular weight excluding hydrogens is 424 g/mol. The van der Waals surface area contributed by atoms with Crippen molar-refractivity contribution in [3.8, 4) is 11.5 Å². The fraction of sp³-hybridized carbons (Fsp3) is 0.357. The molecule has 3 aromatic rings. The lowest BCUT2D eigenvalue weighted by Crippen LogP contribution is -2.21. The summed E-state index contributed by atoms with van der Waals surface area (Å²) in [5.74, 6) is 1.96. The second-order valence-electron chi connectivity index (χ2n) is 10.2. The second kappa shape index (κ2) is 9.67. The number of benzene rings is 3. The predicted molar refractivity (Wildman–Crippen MR) is 143 cm³/mol. The van der Waals surface area contributed by atoms with Gasteiger partial charge in [-0.05, 0) is 72.7 Å². The molecule has 0 unspecified atom stereocenters. The summed E-state index contributed by atoms with van der Waals surface area (Å²) in [6.45, 7) is 17.9. The van der Waals surface area contributed by atoms with Crippen LogP contribution in [-0.2, 0) is 10.8 Å². The smallest absolute Gasteiger partial charge is 0.229 e. The number of hydrogen-bond acceptors (Lipinski definition) is 2. The Hall–Kier alpha value is -2.31. The Morgan fingerprint density at radius 1 is 0.438 bits per heavy atom. The molecule has 0 heterocycles. The van der Waals surface area contributed by atoms with Gasteiger partial charge in [0.2, 0.25) is 18.1 Å². The van der Waals surface area contributed by atoms with E-state index >= 15 is 0 Å². The van der Waals surface area contributed by atoms with Crippen LogP contribution in [-0.4, -0.2) is 18.1 Å². The average molecular weight is 463 g/mol. The van der Waals surface area contributed by atoms with Crippen molar-refractivity contribution >= 4 is 18.1 Å². The molecule has 0 spiro atoms. The van der Waals surface area contributed by atoms with Gasteiger partial charge in [-0.2, -0.15) is 0 Å². The van der Waals surface area contributed by atoms with Crippen molar-refractivity contribution in [3.05, 3.63) is 95.1 Å². The van der Waals surface area contributed by atoms with Crippen LogP contribution < -0.4 is 8.85 Å². The van der Waals surface area contributed by atoms with Crippen LogP contribution in [0.2, 0.25) is 26.2 Å².